The molecule has 0 heterocycles. The zero-order valence-corrected chi connectivity index (χ0v) is 17.9. The highest BCUT2D eigenvalue weighted by Gasteiger charge is 2.24. The Morgan fingerprint density at radius 2 is 1.76 bits per heavy atom. The molecule has 1 atom stereocenters. The predicted octanol–water partition coefficient (Wildman–Crippen LogP) is 4.74. The summed E-state index contributed by atoms with van der Waals surface area (Å²) in [4.78, 5) is 12.8. The van der Waals surface area contributed by atoms with Crippen molar-refractivity contribution in [2.75, 3.05) is 0 Å². The van der Waals surface area contributed by atoms with E-state index in [1.54, 1.807) is 12.1 Å². The standard InChI is InChI=1S/C23H30N2O3S/c1-16-6-2-3-11-22(21-10-5-9-19(21)14-16)24-23(26)25-29(27,28)20-13-12-17-7-4-8-18(17)15-20/h12-16H,2-11H2,1H3,(H2,24,25,26)/b19-14-,22-21+. The van der Waals surface area contributed by atoms with Crippen LogP contribution in [0.3, 0.4) is 0 Å². The van der Waals surface area contributed by atoms with Crippen molar-refractivity contribution in [3.8, 4) is 0 Å². The lowest BCUT2D eigenvalue weighted by Gasteiger charge is -2.15. The van der Waals surface area contributed by atoms with Gasteiger partial charge in [-0.1, -0.05) is 25.5 Å². The molecule has 0 spiro atoms. The molecule has 3 aliphatic rings. The number of hydrogen-bond donors (Lipinski definition) is 2. The first kappa shape index (κ1) is 20.2. The molecule has 1 aromatic carbocycles. The van der Waals surface area contributed by atoms with Gasteiger partial charge in [-0.3, -0.25) is 0 Å². The van der Waals surface area contributed by atoms with Crippen molar-refractivity contribution >= 4 is 16.1 Å². The van der Waals surface area contributed by atoms with Crippen molar-refractivity contribution in [1.82, 2.24) is 10.0 Å². The van der Waals surface area contributed by atoms with Crippen LogP contribution in [0, 0.1) is 5.92 Å². The second-order valence-corrected chi connectivity index (χ2v) is 10.3. The number of urea groups is 1. The van der Waals surface area contributed by atoms with Gasteiger partial charge >= 0.3 is 6.03 Å². The van der Waals surface area contributed by atoms with Crippen LogP contribution in [0.15, 0.2) is 46.0 Å². The third-order valence-corrected chi connectivity index (χ3v) is 7.65. The van der Waals surface area contributed by atoms with Gasteiger partial charge in [0.15, 0.2) is 0 Å². The molecule has 1 fully saturated rings. The molecular formula is C23H30N2O3S. The lowest BCUT2D eigenvalue weighted by atomic mass is 10.00. The van der Waals surface area contributed by atoms with Gasteiger partial charge in [-0.05, 0) is 98.1 Å². The lowest BCUT2D eigenvalue weighted by molar-refractivity contribution is 0.247. The van der Waals surface area contributed by atoms with Gasteiger partial charge in [0, 0.05) is 5.70 Å². The van der Waals surface area contributed by atoms with Crippen molar-refractivity contribution in [2.45, 2.75) is 76.0 Å². The fourth-order valence-corrected chi connectivity index (χ4v) is 5.80. The van der Waals surface area contributed by atoms with Crippen LogP contribution < -0.4 is 10.0 Å². The highest BCUT2D eigenvalue weighted by atomic mass is 32.2. The Kier molecular flexibility index (Phi) is 5.81. The predicted molar refractivity (Wildman–Crippen MR) is 114 cm³/mol. The highest BCUT2D eigenvalue weighted by Crippen LogP contribution is 2.36. The Morgan fingerprint density at radius 1 is 0.966 bits per heavy atom. The highest BCUT2D eigenvalue weighted by molar-refractivity contribution is 7.90. The zero-order valence-electron chi connectivity index (χ0n) is 17.1. The summed E-state index contributed by atoms with van der Waals surface area (Å²) in [5.74, 6) is 0.548. The summed E-state index contributed by atoms with van der Waals surface area (Å²) >= 11 is 0. The molecule has 0 bridgehead atoms. The largest absolute Gasteiger partial charge is 0.332 e. The average molecular weight is 415 g/mol. The van der Waals surface area contributed by atoms with Crippen LogP contribution in [0.5, 0.6) is 0 Å². The SMILES string of the molecule is CC1/C=C2/CCC/C2=C(\NC(=O)NS(=O)(=O)c2ccc3c(c2)CCC3)CCCC1. The Bertz CT molecular complexity index is 976. The number of carbonyl (C=O) groups excluding carboxylic acids is 1. The van der Waals surface area contributed by atoms with E-state index in [0.29, 0.717) is 5.92 Å². The number of fused-ring (bicyclic) bond motifs is 2. The van der Waals surface area contributed by atoms with Crippen LogP contribution >= 0.6 is 0 Å². The van der Waals surface area contributed by atoms with Crippen LogP contribution in [0.4, 0.5) is 4.79 Å². The second-order valence-electron chi connectivity index (χ2n) is 8.57. The second kappa shape index (κ2) is 8.34. The fraction of sp³-hybridized carbons (Fsp3) is 0.522. The first-order valence-corrected chi connectivity index (χ1v) is 12.3. The average Bonchev–Trinajstić information content (AvgIpc) is 3.32. The maximum Gasteiger partial charge on any atom is 0.332 e. The molecule has 1 aromatic rings. The molecule has 0 aliphatic heterocycles. The minimum absolute atomic E-state index is 0.163. The van der Waals surface area contributed by atoms with E-state index in [1.807, 2.05) is 6.07 Å². The van der Waals surface area contributed by atoms with Gasteiger partial charge in [0.1, 0.15) is 0 Å². The first-order chi connectivity index (χ1) is 13.9. The third-order valence-electron chi connectivity index (χ3n) is 6.32. The monoisotopic (exact) mass is 414 g/mol. The minimum atomic E-state index is -3.89. The summed E-state index contributed by atoms with van der Waals surface area (Å²) in [6.07, 6.45) is 12.4. The van der Waals surface area contributed by atoms with Crippen molar-refractivity contribution < 1.29 is 13.2 Å². The maximum absolute atomic E-state index is 12.7. The minimum Gasteiger partial charge on any atom is -0.311 e. The van der Waals surface area contributed by atoms with Gasteiger partial charge in [-0.2, -0.15) is 0 Å². The zero-order chi connectivity index (χ0) is 20.4. The van der Waals surface area contributed by atoms with Crippen molar-refractivity contribution in [1.29, 1.82) is 0 Å². The van der Waals surface area contributed by atoms with E-state index >= 15 is 0 Å². The van der Waals surface area contributed by atoms with E-state index in [9.17, 15) is 13.2 Å². The normalized spacial score (nSPS) is 26.4. The Morgan fingerprint density at radius 3 is 2.62 bits per heavy atom. The molecule has 0 radical (unpaired) electrons. The molecule has 0 saturated heterocycles. The number of nitrogens with one attached hydrogen (secondary N) is 2. The van der Waals surface area contributed by atoms with Crippen molar-refractivity contribution in [3.63, 3.8) is 0 Å². The number of amides is 2. The van der Waals surface area contributed by atoms with E-state index in [-0.39, 0.29) is 4.90 Å². The van der Waals surface area contributed by atoms with Crippen LogP contribution in [-0.4, -0.2) is 14.4 Å². The molecule has 1 unspecified atom stereocenters. The summed E-state index contributed by atoms with van der Waals surface area (Å²) in [6.45, 7) is 2.25. The molecule has 156 valence electrons. The Hall–Kier alpha value is -2.08. The Labute approximate surface area is 173 Å². The Balaban J connectivity index is 1.51. The van der Waals surface area contributed by atoms with Gasteiger partial charge in [-0.25, -0.2) is 17.9 Å². The molecule has 29 heavy (non-hydrogen) atoms. The van der Waals surface area contributed by atoms with E-state index in [4.69, 9.17) is 0 Å². The van der Waals surface area contributed by atoms with Crippen LogP contribution in [0.1, 0.15) is 69.4 Å². The molecule has 6 heteroatoms. The number of sulfonamides is 1. The summed E-state index contributed by atoms with van der Waals surface area (Å²) in [5.41, 5.74) is 5.72. The van der Waals surface area contributed by atoms with Crippen LogP contribution in [0.2, 0.25) is 0 Å². The molecule has 2 N–H and O–H groups in total. The van der Waals surface area contributed by atoms with Crippen LogP contribution in [-0.2, 0) is 22.9 Å². The topological polar surface area (TPSA) is 75.3 Å². The molecule has 3 aliphatic carbocycles. The number of aryl methyl sites for hydroxylation is 2. The first-order valence-electron chi connectivity index (χ1n) is 10.8. The number of rotatable bonds is 3. The molecule has 2 amide bonds. The molecule has 4 rings (SSSR count). The van der Waals surface area contributed by atoms with E-state index < -0.39 is 16.1 Å². The van der Waals surface area contributed by atoms with E-state index in [2.05, 4.69) is 23.0 Å². The summed E-state index contributed by atoms with van der Waals surface area (Å²) in [5, 5.41) is 2.89. The van der Waals surface area contributed by atoms with E-state index in [0.717, 1.165) is 75.5 Å². The summed E-state index contributed by atoms with van der Waals surface area (Å²) in [7, 11) is -3.89. The summed E-state index contributed by atoms with van der Waals surface area (Å²) in [6, 6.07) is 4.51. The van der Waals surface area contributed by atoms with Gasteiger partial charge in [-0.15, -0.1) is 0 Å². The van der Waals surface area contributed by atoms with Gasteiger partial charge in [0.2, 0.25) is 0 Å². The third kappa shape index (κ3) is 4.58. The molecule has 1 saturated carbocycles. The molecule has 5 nitrogen and oxygen atoms in total. The number of allylic oxidation sites excluding steroid dienone is 4. The quantitative estimate of drug-likeness (QED) is 0.750. The smallest absolute Gasteiger partial charge is 0.311 e. The van der Waals surface area contributed by atoms with Crippen molar-refractivity contribution in [2.24, 2.45) is 5.92 Å². The maximum atomic E-state index is 12.7. The molecular weight excluding hydrogens is 384 g/mol. The number of carbonyl (C=O) groups is 1. The fourth-order valence-electron chi connectivity index (χ4n) is 4.84. The molecule has 0 aromatic heterocycles. The number of benzene rings is 1. The lowest BCUT2D eigenvalue weighted by Crippen LogP contribution is -2.39. The van der Waals surface area contributed by atoms with Gasteiger partial charge < -0.3 is 5.32 Å². The number of hydrogen-bond acceptors (Lipinski definition) is 3. The van der Waals surface area contributed by atoms with E-state index in [1.165, 1.54) is 16.7 Å². The van der Waals surface area contributed by atoms with Gasteiger partial charge in [0.05, 0.1) is 4.90 Å². The van der Waals surface area contributed by atoms with Gasteiger partial charge in [0.25, 0.3) is 10.0 Å². The van der Waals surface area contributed by atoms with Crippen LogP contribution in [0.25, 0.3) is 0 Å². The summed E-state index contributed by atoms with van der Waals surface area (Å²) < 4.78 is 27.7. The van der Waals surface area contributed by atoms with Crippen molar-refractivity contribution in [3.05, 3.63) is 52.2 Å².